The van der Waals surface area contributed by atoms with Crippen molar-refractivity contribution in [3.8, 4) is 0 Å². The van der Waals surface area contributed by atoms with Gasteiger partial charge in [-0.15, -0.1) is 0 Å². The number of carbonyl (C=O) groups is 1. The topological polar surface area (TPSA) is 54.6 Å². The molecule has 5 nitrogen and oxygen atoms in total. The highest BCUT2D eigenvalue weighted by molar-refractivity contribution is 5.89. The van der Waals surface area contributed by atoms with Crippen LogP contribution in [0.5, 0.6) is 0 Å². The van der Waals surface area contributed by atoms with Crippen LogP contribution < -0.4 is 0 Å². The lowest BCUT2D eigenvalue weighted by molar-refractivity contribution is -0.139. The van der Waals surface area contributed by atoms with Gasteiger partial charge in [0, 0.05) is 45.8 Å². The molecule has 1 N–H and O–H groups in total. The van der Waals surface area contributed by atoms with Crippen molar-refractivity contribution in [2.75, 3.05) is 20.2 Å². The second-order valence-corrected chi connectivity index (χ2v) is 7.74. The van der Waals surface area contributed by atoms with Crippen molar-refractivity contribution in [3.63, 3.8) is 0 Å². The Balaban J connectivity index is 0.000001000. The van der Waals surface area contributed by atoms with Crippen LogP contribution in [0.4, 0.5) is 0 Å². The van der Waals surface area contributed by atoms with Crippen molar-refractivity contribution < 1.29 is 18.5 Å². The van der Waals surface area contributed by atoms with Crippen LogP contribution in [0.2, 0.25) is 0 Å². The first-order valence-corrected chi connectivity index (χ1v) is 9.44. The van der Waals surface area contributed by atoms with E-state index in [9.17, 15) is 4.79 Å². The van der Waals surface area contributed by atoms with Crippen LogP contribution in [0, 0.1) is 11.8 Å². The number of aromatic amines is 1. The van der Waals surface area contributed by atoms with Crippen LogP contribution in [-0.4, -0.2) is 42.2 Å². The first-order chi connectivity index (χ1) is 12.7. The molecule has 1 fully saturated rings. The molecule has 0 spiro atoms. The standard InChI is InChI=1S/C21H24N2O3.3H2/c1-12-16-10-23-8-7-14-13-5-3-4-6-18(13)22-20(14)19(23)9-15(16)17(11-26-12)21(24)25-2;;;/h3-6,11-12,15-16,19,22H,7-10H2,1-2H3;3*1H. The molecule has 5 rings (SSSR count). The van der Waals surface area contributed by atoms with Crippen LogP contribution in [-0.2, 0) is 20.7 Å². The quantitative estimate of drug-likeness (QED) is 0.785. The average Bonchev–Trinajstić information content (AvgIpc) is 3.06. The van der Waals surface area contributed by atoms with Gasteiger partial charge in [-0.1, -0.05) is 18.2 Å². The third-order valence-electron chi connectivity index (χ3n) is 6.54. The molecule has 0 bridgehead atoms. The molecular formula is C21H30N2O3. The van der Waals surface area contributed by atoms with Crippen molar-refractivity contribution in [1.29, 1.82) is 0 Å². The molecule has 3 aliphatic rings. The number of nitrogens with zero attached hydrogens (tertiary/aromatic N) is 1. The number of H-pyrrole nitrogens is 1. The number of methoxy groups -OCH3 is 1. The lowest BCUT2D eigenvalue weighted by Gasteiger charge is -2.49. The Labute approximate surface area is 157 Å². The summed E-state index contributed by atoms with van der Waals surface area (Å²) in [5.74, 6) is 0.258. The van der Waals surface area contributed by atoms with Crippen molar-refractivity contribution in [3.05, 3.63) is 47.4 Å². The van der Waals surface area contributed by atoms with E-state index in [0.29, 0.717) is 17.5 Å². The smallest absolute Gasteiger partial charge is 0.337 e. The molecule has 1 saturated heterocycles. The van der Waals surface area contributed by atoms with Gasteiger partial charge >= 0.3 is 5.97 Å². The van der Waals surface area contributed by atoms with Gasteiger partial charge in [0.25, 0.3) is 0 Å². The van der Waals surface area contributed by atoms with Gasteiger partial charge < -0.3 is 14.5 Å². The van der Waals surface area contributed by atoms with Crippen molar-refractivity contribution in [2.24, 2.45) is 11.8 Å². The molecule has 0 saturated carbocycles. The summed E-state index contributed by atoms with van der Waals surface area (Å²) < 4.78 is 10.8. The molecule has 0 radical (unpaired) electrons. The highest BCUT2D eigenvalue weighted by Gasteiger charge is 2.46. The number of nitrogens with one attached hydrogen (secondary N) is 1. The summed E-state index contributed by atoms with van der Waals surface area (Å²) in [6, 6.07) is 8.88. The normalized spacial score (nSPS) is 30.6. The summed E-state index contributed by atoms with van der Waals surface area (Å²) in [5.41, 5.74) is 4.69. The van der Waals surface area contributed by atoms with Gasteiger partial charge in [0.05, 0.1) is 31.1 Å². The fraction of sp³-hybridized carbons (Fsp3) is 0.476. The minimum Gasteiger partial charge on any atom is -0.497 e. The summed E-state index contributed by atoms with van der Waals surface area (Å²) in [7, 11) is 1.45. The molecule has 4 heterocycles. The van der Waals surface area contributed by atoms with Crippen LogP contribution in [0.25, 0.3) is 10.9 Å². The monoisotopic (exact) mass is 358 g/mol. The van der Waals surface area contributed by atoms with E-state index in [-0.39, 0.29) is 22.3 Å². The molecule has 3 aliphatic heterocycles. The van der Waals surface area contributed by atoms with E-state index in [0.717, 1.165) is 25.9 Å². The summed E-state index contributed by atoms with van der Waals surface area (Å²) in [6.07, 6.45) is 3.77. The third kappa shape index (κ3) is 2.23. The minimum absolute atomic E-state index is 0. The zero-order chi connectivity index (χ0) is 17.8. The lowest BCUT2D eigenvalue weighted by atomic mass is 9.72. The summed E-state index contributed by atoms with van der Waals surface area (Å²) in [5, 5.41) is 1.34. The van der Waals surface area contributed by atoms with Gasteiger partial charge in [0.1, 0.15) is 0 Å². The second kappa shape index (κ2) is 5.88. The zero-order valence-corrected chi connectivity index (χ0v) is 15.2. The van der Waals surface area contributed by atoms with Gasteiger partial charge in [-0.3, -0.25) is 4.90 Å². The number of esters is 1. The van der Waals surface area contributed by atoms with Crippen LogP contribution >= 0.6 is 0 Å². The number of benzene rings is 1. The fourth-order valence-corrected chi connectivity index (χ4v) is 5.19. The highest BCUT2D eigenvalue weighted by Crippen LogP contribution is 2.47. The van der Waals surface area contributed by atoms with Crippen LogP contribution in [0.3, 0.4) is 0 Å². The number of aromatic nitrogens is 1. The Kier molecular flexibility index (Phi) is 3.60. The van der Waals surface area contributed by atoms with E-state index in [1.165, 1.54) is 29.3 Å². The number of rotatable bonds is 1. The maximum atomic E-state index is 12.3. The first kappa shape index (κ1) is 15.9. The van der Waals surface area contributed by atoms with Gasteiger partial charge in [0.15, 0.2) is 0 Å². The summed E-state index contributed by atoms with van der Waals surface area (Å²) in [4.78, 5) is 18.5. The Morgan fingerprint density at radius 2 is 2.23 bits per heavy atom. The van der Waals surface area contributed by atoms with Gasteiger partial charge in [0.2, 0.25) is 0 Å². The predicted octanol–water partition coefficient (Wildman–Crippen LogP) is 3.92. The fourth-order valence-electron chi connectivity index (χ4n) is 5.19. The molecule has 0 aliphatic carbocycles. The molecule has 1 aromatic heterocycles. The van der Waals surface area contributed by atoms with E-state index < -0.39 is 0 Å². The van der Waals surface area contributed by atoms with Crippen molar-refractivity contribution >= 4 is 16.9 Å². The zero-order valence-electron chi connectivity index (χ0n) is 15.2. The van der Waals surface area contributed by atoms with E-state index in [2.05, 4.69) is 41.1 Å². The summed E-state index contributed by atoms with van der Waals surface area (Å²) >= 11 is 0. The predicted molar refractivity (Wildman–Crippen MR) is 105 cm³/mol. The third-order valence-corrected chi connectivity index (χ3v) is 6.54. The minimum atomic E-state index is -0.256. The Morgan fingerprint density at radius 3 is 3.08 bits per heavy atom. The number of carbonyl (C=O) groups excluding carboxylic acids is 1. The molecule has 26 heavy (non-hydrogen) atoms. The second-order valence-electron chi connectivity index (χ2n) is 7.74. The highest BCUT2D eigenvalue weighted by atomic mass is 16.5. The number of fused-ring (bicyclic) bond motifs is 6. The van der Waals surface area contributed by atoms with Crippen LogP contribution in [0.15, 0.2) is 36.1 Å². The first-order valence-electron chi connectivity index (χ1n) is 9.44. The molecule has 4 atom stereocenters. The molecule has 0 amide bonds. The van der Waals surface area contributed by atoms with Gasteiger partial charge in [-0.2, -0.15) is 0 Å². The van der Waals surface area contributed by atoms with Gasteiger partial charge in [-0.05, 0) is 31.4 Å². The van der Waals surface area contributed by atoms with E-state index in [4.69, 9.17) is 9.47 Å². The number of piperidine rings is 1. The Morgan fingerprint density at radius 1 is 1.38 bits per heavy atom. The largest absolute Gasteiger partial charge is 0.497 e. The maximum absolute atomic E-state index is 12.3. The van der Waals surface area contributed by atoms with Crippen molar-refractivity contribution in [2.45, 2.75) is 31.9 Å². The molecule has 4 unspecified atom stereocenters. The maximum Gasteiger partial charge on any atom is 0.337 e. The van der Waals surface area contributed by atoms with E-state index in [1.54, 1.807) is 6.26 Å². The number of ether oxygens (including phenoxy) is 2. The SMILES string of the molecule is COC(=O)C1=COC(C)C2CN3CCc4c([nH]c5ccccc45)C3CC12.[HH].[HH].[HH]. The molecule has 142 valence electrons. The number of hydrogen-bond acceptors (Lipinski definition) is 4. The Bertz CT molecular complexity index is 914. The van der Waals surface area contributed by atoms with Gasteiger partial charge in [-0.25, -0.2) is 4.79 Å². The molecule has 2 aromatic rings. The molecule has 1 aromatic carbocycles. The van der Waals surface area contributed by atoms with E-state index >= 15 is 0 Å². The lowest BCUT2D eigenvalue weighted by Crippen LogP contribution is -2.51. The number of para-hydroxylation sites is 1. The van der Waals surface area contributed by atoms with E-state index in [1.807, 2.05) is 0 Å². The molecular weight excluding hydrogens is 328 g/mol. The Hall–Kier alpha value is -2.27. The summed E-state index contributed by atoms with van der Waals surface area (Å²) in [6.45, 7) is 4.13. The molecule has 5 heteroatoms. The average molecular weight is 358 g/mol. The number of hydrogen-bond donors (Lipinski definition) is 1. The van der Waals surface area contributed by atoms with Crippen molar-refractivity contribution in [1.82, 2.24) is 9.88 Å². The van der Waals surface area contributed by atoms with Crippen LogP contribution in [0.1, 0.15) is 34.9 Å².